The fourth-order valence-electron chi connectivity index (χ4n) is 2.95. The molecule has 150 valence electrons. The number of aliphatic imine (C=N–C) groups is 1. The van der Waals surface area contributed by atoms with Crippen molar-refractivity contribution >= 4 is 41.3 Å². The Balaban J connectivity index is 0.00000338. The maximum absolute atomic E-state index is 5.34. The van der Waals surface area contributed by atoms with Crippen molar-refractivity contribution in [3.05, 3.63) is 16.1 Å². The van der Waals surface area contributed by atoms with E-state index < -0.39 is 0 Å². The molecular weight excluding hydrogens is 461 g/mol. The van der Waals surface area contributed by atoms with Crippen LogP contribution in [0.1, 0.15) is 50.4 Å². The van der Waals surface area contributed by atoms with Gasteiger partial charge in [0.1, 0.15) is 11.1 Å². The van der Waals surface area contributed by atoms with Crippen molar-refractivity contribution in [2.45, 2.75) is 58.3 Å². The molecule has 1 aromatic rings. The zero-order valence-electron chi connectivity index (χ0n) is 16.9. The van der Waals surface area contributed by atoms with Gasteiger partial charge < -0.3 is 15.0 Å². The van der Waals surface area contributed by atoms with Gasteiger partial charge in [0.25, 0.3) is 0 Å². The highest BCUT2D eigenvalue weighted by Gasteiger charge is 2.30. The van der Waals surface area contributed by atoms with Crippen LogP contribution in [0.3, 0.4) is 0 Å². The second kappa shape index (κ2) is 11.4. The van der Waals surface area contributed by atoms with Crippen molar-refractivity contribution in [1.82, 2.24) is 20.1 Å². The summed E-state index contributed by atoms with van der Waals surface area (Å²) >= 11 is 1.65. The van der Waals surface area contributed by atoms with Gasteiger partial charge in [-0.05, 0) is 33.6 Å². The van der Waals surface area contributed by atoms with Crippen LogP contribution in [0.15, 0.2) is 10.4 Å². The molecule has 0 aliphatic heterocycles. The SMILES string of the molecule is CN=C(NCCN(C(C)C)C1CC1)N(C)Cc1csc(C(C)OC)n1.I. The van der Waals surface area contributed by atoms with E-state index in [-0.39, 0.29) is 30.1 Å². The van der Waals surface area contributed by atoms with Crippen molar-refractivity contribution in [1.29, 1.82) is 0 Å². The Kier molecular flexibility index (Phi) is 10.3. The first kappa shape index (κ1) is 23.6. The Bertz CT molecular complexity index is 560. The van der Waals surface area contributed by atoms with E-state index in [0.717, 1.165) is 42.3 Å². The van der Waals surface area contributed by atoms with Crippen molar-refractivity contribution in [3.63, 3.8) is 0 Å². The predicted molar refractivity (Wildman–Crippen MR) is 121 cm³/mol. The number of ether oxygens (including phenoxy) is 1. The Hall–Kier alpha value is -0.450. The molecule has 1 aromatic heterocycles. The molecule has 0 aromatic carbocycles. The number of nitrogens with zero attached hydrogens (tertiary/aromatic N) is 4. The summed E-state index contributed by atoms with van der Waals surface area (Å²) in [6.45, 7) is 9.28. The number of thiazole rings is 1. The highest BCUT2D eigenvalue weighted by atomic mass is 127. The lowest BCUT2D eigenvalue weighted by atomic mass is 10.3. The second-order valence-corrected chi connectivity index (χ2v) is 7.84. The first-order valence-electron chi connectivity index (χ1n) is 9.10. The summed E-state index contributed by atoms with van der Waals surface area (Å²) in [5.74, 6) is 0.911. The molecule has 1 N–H and O–H groups in total. The molecule has 0 spiro atoms. The van der Waals surface area contributed by atoms with E-state index in [1.165, 1.54) is 12.8 Å². The minimum atomic E-state index is 0. The topological polar surface area (TPSA) is 53.0 Å². The molecule has 1 atom stereocenters. The third kappa shape index (κ3) is 6.94. The van der Waals surface area contributed by atoms with E-state index in [1.807, 2.05) is 14.0 Å². The van der Waals surface area contributed by atoms with Gasteiger partial charge >= 0.3 is 0 Å². The number of methoxy groups -OCH3 is 1. The fourth-order valence-corrected chi connectivity index (χ4v) is 3.79. The smallest absolute Gasteiger partial charge is 0.193 e. The Morgan fingerprint density at radius 1 is 1.42 bits per heavy atom. The Morgan fingerprint density at radius 2 is 2.12 bits per heavy atom. The molecule has 1 fully saturated rings. The number of rotatable bonds is 9. The summed E-state index contributed by atoms with van der Waals surface area (Å²) in [6, 6.07) is 1.39. The van der Waals surface area contributed by atoms with Crippen LogP contribution in [0.5, 0.6) is 0 Å². The van der Waals surface area contributed by atoms with Gasteiger partial charge in [-0.1, -0.05) is 0 Å². The second-order valence-electron chi connectivity index (χ2n) is 6.95. The lowest BCUT2D eigenvalue weighted by Gasteiger charge is -2.28. The lowest BCUT2D eigenvalue weighted by Crippen LogP contribution is -2.44. The van der Waals surface area contributed by atoms with Crippen LogP contribution in [0.25, 0.3) is 0 Å². The summed E-state index contributed by atoms with van der Waals surface area (Å²) in [5, 5.41) is 6.60. The molecule has 0 saturated heterocycles. The molecule has 6 nitrogen and oxygen atoms in total. The third-order valence-electron chi connectivity index (χ3n) is 4.58. The van der Waals surface area contributed by atoms with E-state index >= 15 is 0 Å². The molecule has 2 rings (SSSR count). The average molecular weight is 495 g/mol. The van der Waals surface area contributed by atoms with E-state index in [4.69, 9.17) is 4.74 Å². The lowest BCUT2D eigenvalue weighted by molar-refractivity contribution is 0.119. The number of aromatic nitrogens is 1. The monoisotopic (exact) mass is 495 g/mol. The molecule has 1 aliphatic rings. The van der Waals surface area contributed by atoms with Crippen LogP contribution >= 0.6 is 35.3 Å². The number of hydrogen-bond donors (Lipinski definition) is 1. The minimum absolute atomic E-state index is 0. The largest absolute Gasteiger partial charge is 0.375 e. The molecule has 0 amide bonds. The predicted octanol–water partition coefficient (Wildman–Crippen LogP) is 3.35. The summed E-state index contributed by atoms with van der Waals surface area (Å²) in [5.41, 5.74) is 1.05. The van der Waals surface area contributed by atoms with Crippen LogP contribution in [0.4, 0.5) is 0 Å². The molecule has 1 heterocycles. The first-order chi connectivity index (χ1) is 12.0. The molecule has 8 heteroatoms. The summed E-state index contributed by atoms with van der Waals surface area (Å²) in [6.07, 6.45) is 2.74. The van der Waals surface area contributed by atoms with Gasteiger partial charge in [-0.15, -0.1) is 35.3 Å². The van der Waals surface area contributed by atoms with E-state index in [1.54, 1.807) is 18.4 Å². The molecule has 1 aliphatic carbocycles. The van der Waals surface area contributed by atoms with E-state index in [0.29, 0.717) is 6.04 Å². The number of hydrogen-bond acceptors (Lipinski definition) is 5. The molecule has 1 unspecified atom stereocenters. The zero-order chi connectivity index (χ0) is 18.4. The van der Waals surface area contributed by atoms with Crippen LogP contribution in [0, 0.1) is 0 Å². The quantitative estimate of drug-likeness (QED) is 0.324. The fraction of sp³-hybridized carbons (Fsp3) is 0.778. The molecule has 1 saturated carbocycles. The standard InChI is InChI=1S/C18H33N5OS.HI/c1-13(2)23(16-7-8-16)10-9-20-18(19-4)22(5)11-15-12-25-17(21-15)14(3)24-6;/h12-14,16H,7-11H2,1-6H3,(H,19,20);1H. The van der Waals surface area contributed by atoms with Crippen LogP contribution < -0.4 is 5.32 Å². The third-order valence-corrected chi connectivity index (χ3v) is 5.63. The van der Waals surface area contributed by atoms with Crippen molar-refractivity contribution in [3.8, 4) is 0 Å². The summed E-state index contributed by atoms with van der Waals surface area (Å²) < 4.78 is 5.34. The van der Waals surface area contributed by atoms with Gasteiger partial charge in [0.2, 0.25) is 0 Å². The van der Waals surface area contributed by atoms with Gasteiger partial charge in [0.05, 0.1) is 12.2 Å². The van der Waals surface area contributed by atoms with Crippen molar-refractivity contribution in [2.75, 3.05) is 34.3 Å². The molecular formula is C18H34IN5OS. The maximum atomic E-state index is 5.34. The number of guanidine groups is 1. The van der Waals surface area contributed by atoms with Crippen LogP contribution in [0.2, 0.25) is 0 Å². The Labute approximate surface area is 179 Å². The normalized spacial score (nSPS) is 15.9. The van der Waals surface area contributed by atoms with Crippen LogP contribution in [-0.2, 0) is 11.3 Å². The van der Waals surface area contributed by atoms with Gasteiger partial charge in [-0.25, -0.2) is 4.98 Å². The van der Waals surface area contributed by atoms with Gasteiger partial charge in [-0.2, -0.15) is 0 Å². The van der Waals surface area contributed by atoms with Crippen molar-refractivity contribution < 1.29 is 4.74 Å². The minimum Gasteiger partial charge on any atom is -0.375 e. The van der Waals surface area contributed by atoms with Crippen molar-refractivity contribution in [2.24, 2.45) is 4.99 Å². The number of halogens is 1. The van der Waals surface area contributed by atoms with Gasteiger partial charge in [0, 0.05) is 51.8 Å². The molecule has 26 heavy (non-hydrogen) atoms. The molecule has 0 radical (unpaired) electrons. The van der Waals surface area contributed by atoms with Gasteiger partial charge in [0.15, 0.2) is 5.96 Å². The summed E-state index contributed by atoms with van der Waals surface area (Å²) in [7, 11) is 5.60. The first-order valence-corrected chi connectivity index (χ1v) is 9.98. The van der Waals surface area contributed by atoms with E-state index in [2.05, 4.69) is 51.4 Å². The maximum Gasteiger partial charge on any atom is 0.193 e. The van der Waals surface area contributed by atoms with E-state index in [9.17, 15) is 0 Å². The van der Waals surface area contributed by atoms with Gasteiger partial charge in [-0.3, -0.25) is 9.89 Å². The average Bonchev–Trinajstić information content (AvgIpc) is 3.32. The van der Waals surface area contributed by atoms with Crippen LogP contribution in [-0.4, -0.2) is 67.1 Å². The Morgan fingerprint density at radius 3 is 2.65 bits per heavy atom. The summed E-state index contributed by atoms with van der Waals surface area (Å²) in [4.78, 5) is 13.8. The highest BCUT2D eigenvalue weighted by Crippen LogP contribution is 2.28. The highest BCUT2D eigenvalue weighted by molar-refractivity contribution is 14.0. The number of nitrogens with one attached hydrogen (secondary N) is 1. The zero-order valence-corrected chi connectivity index (χ0v) is 20.0. The molecule has 0 bridgehead atoms.